The molecule has 5 rings (SSSR count). The lowest BCUT2D eigenvalue weighted by molar-refractivity contribution is 0.191. The lowest BCUT2D eigenvalue weighted by Gasteiger charge is -2.36. The molecule has 0 spiro atoms. The number of rotatable bonds is 1. The van der Waals surface area contributed by atoms with Gasteiger partial charge in [0.2, 0.25) is 0 Å². The molecule has 2 fully saturated rings. The van der Waals surface area contributed by atoms with Crippen molar-refractivity contribution in [3.05, 3.63) is 47.5 Å². The minimum atomic E-state index is 0.706. The molecule has 0 saturated heterocycles. The molecule has 0 radical (unpaired) electrons. The van der Waals surface area contributed by atoms with Crippen molar-refractivity contribution in [2.24, 2.45) is 23.7 Å². The predicted molar refractivity (Wildman–Crippen MR) is 88.6 cm³/mol. The number of fused-ring (bicyclic) bond motifs is 2. The molecule has 0 nitrogen and oxygen atoms in total. The van der Waals surface area contributed by atoms with Gasteiger partial charge in [0.05, 0.1) is 0 Å². The van der Waals surface area contributed by atoms with Gasteiger partial charge in [0, 0.05) is 0 Å². The van der Waals surface area contributed by atoms with Gasteiger partial charge >= 0.3 is 0 Å². The van der Waals surface area contributed by atoms with Crippen molar-refractivity contribution in [1.82, 2.24) is 0 Å². The summed E-state index contributed by atoms with van der Waals surface area (Å²) in [6.45, 7) is 5.03. The third-order valence-electron chi connectivity index (χ3n) is 7.18. The SMILES string of the molecule is CC1c2cccc3cccc(c23)C1C1C2CCC(C2)C1C. The Bertz CT molecular complexity index is 706. The topological polar surface area (TPSA) is 0 Å². The summed E-state index contributed by atoms with van der Waals surface area (Å²) < 4.78 is 0. The van der Waals surface area contributed by atoms with Gasteiger partial charge in [0.1, 0.15) is 0 Å². The van der Waals surface area contributed by atoms with E-state index in [-0.39, 0.29) is 0 Å². The van der Waals surface area contributed by atoms with Crippen LogP contribution in [0.5, 0.6) is 0 Å². The van der Waals surface area contributed by atoms with Crippen molar-refractivity contribution in [3.8, 4) is 0 Å². The molecular formula is C21H24. The monoisotopic (exact) mass is 276 g/mol. The molecule has 2 saturated carbocycles. The van der Waals surface area contributed by atoms with E-state index in [4.69, 9.17) is 0 Å². The maximum atomic E-state index is 2.55. The largest absolute Gasteiger partial charge is 0.0619 e. The molecule has 21 heavy (non-hydrogen) atoms. The van der Waals surface area contributed by atoms with Crippen LogP contribution >= 0.6 is 0 Å². The fraction of sp³-hybridized carbons (Fsp3) is 0.524. The first kappa shape index (κ1) is 12.3. The minimum absolute atomic E-state index is 0.706. The summed E-state index contributed by atoms with van der Waals surface area (Å²) in [7, 11) is 0. The minimum Gasteiger partial charge on any atom is -0.0619 e. The Kier molecular flexibility index (Phi) is 2.41. The molecule has 3 aliphatic rings. The Morgan fingerprint density at radius 2 is 1.57 bits per heavy atom. The highest BCUT2D eigenvalue weighted by molar-refractivity contribution is 5.92. The van der Waals surface area contributed by atoms with Gasteiger partial charge in [-0.05, 0) is 76.7 Å². The van der Waals surface area contributed by atoms with Crippen LogP contribution in [0.2, 0.25) is 0 Å². The molecule has 2 aromatic rings. The Morgan fingerprint density at radius 3 is 2.29 bits per heavy atom. The molecule has 3 aliphatic carbocycles. The van der Waals surface area contributed by atoms with Gasteiger partial charge in [-0.15, -0.1) is 0 Å². The Labute approximate surface area is 127 Å². The molecule has 0 amide bonds. The van der Waals surface area contributed by atoms with E-state index in [9.17, 15) is 0 Å². The van der Waals surface area contributed by atoms with E-state index in [1.165, 1.54) is 24.6 Å². The van der Waals surface area contributed by atoms with Gasteiger partial charge in [-0.1, -0.05) is 50.2 Å². The molecule has 0 heteroatoms. The second-order valence-corrected chi connectivity index (χ2v) is 7.88. The first-order valence-electron chi connectivity index (χ1n) is 8.77. The number of benzene rings is 2. The molecular weight excluding hydrogens is 252 g/mol. The van der Waals surface area contributed by atoms with Crippen LogP contribution in [0.3, 0.4) is 0 Å². The standard InChI is InChI=1S/C21H24/c1-12-15-9-10-16(11-15)19(12)20-13(2)17-7-3-5-14-6-4-8-18(20)21(14)17/h3-8,12-13,15-16,19-20H,9-11H2,1-2H3. The highest BCUT2D eigenvalue weighted by atomic mass is 14.6. The van der Waals surface area contributed by atoms with Crippen molar-refractivity contribution >= 4 is 10.8 Å². The third-order valence-corrected chi connectivity index (χ3v) is 7.18. The van der Waals surface area contributed by atoms with Crippen LogP contribution in [0.25, 0.3) is 10.8 Å². The van der Waals surface area contributed by atoms with Crippen LogP contribution in [0, 0.1) is 23.7 Å². The predicted octanol–water partition coefficient (Wildman–Crippen LogP) is 5.72. The van der Waals surface area contributed by atoms with Crippen LogP contribution in [0.4, 0.5) is 0 Å². The van der Waals surface area contributed by atoms with E-state index in [1.54, 1.807) is 16.5 Å². The van der Waals surface area contributed by atoms with Crippen LogP contribution < -0.4 is 0 Å². The normalized spacial score (nSPS) is 40.3. The Balaban J connectivity index is 1.69. The highest BCUT2D eigenvalue weighted by Gasteiger charge is 2.51. The van der Waals surface area contributed by atoms with E-state index in [0.29, 0.717) is 5.92 Å². The van der Waals surface area contributed by atoms with E-state index in [1.807, 2.05) is 0 Å². The Morgan fingerprint density at radius 1 is 0.857 bits per heavy atom. The fourth-order valence-electron chi connectivity index (χ4n) is 6.30. The lowest BCUT2D eigenvalue weighted by atomic mass is 9.68. The van der Waals surface area contributed by atoms with Gasteiger partial charge in [0.25, 0.3) is 0 Å². The average Bonchev–Trinajstić information content (AvgIpc) is 3.16. The molecule has 6 unspecified atom stereocenters. The van der Waals surface area contributed by atoms with Crippen molar-refractivity contribution in [1.29, 1.82) is 0 Å². The van der Waals surface area contributed by atoms with E-state index >= 15 is 0 Å². The van der Waals surface area contributed by atoms with Crippen molar-refractivity contribution in [2.45, 2.75) is 44.9 Å². The zero-order valence-electron chi connectivity index (χ0n) is 13.0. The van der Waals surface area contributed by atoms with Crippen molar-refractivity contribution in [2.75, 3.05) is 0 Å². The number of hydrogen-bond donors (Lipinski definition) is 0. The summed E-state index contributed by atoms with van der Waals surface area (Å²) in [4.78, 5) is 0. The zero-order valence-corrected chi connectivity index (χ0v) is 13.0. The van der Waals surface area contributed by atoms with E-state index in [2.05, 4.69) is 50.2 Å². The van der Waals surface area contributed by atoms with Gasteiger partial charge < -0.3 is 0 Å². The van der Waals surface area contributed by atoms with Gasteiger partial charge in [-0.3, -0.25) is 0 Å². The van der Waals surface area contributed by atoms with Gasteiger partial charge in [-0.2, -0.15) is 0 Å². The fourth-order valence-corrected chi connectivity index (χ4v) is 6.30. The summed E-state index contributed by atoms with van der Waals surface area (Å²) in [5.74, 6) is 5.36. The van der Waals surface area contributed by atoms with E-state index in [0.717, 1.165) is 29.6 Å². The second kappa shape index (κ2) is 4.12. The van der Waals surface area contributed by atoms with E-state index < -0.39 is 0 Å². The first-order chi connectivity index (χ1) is 10.3. The summed E-state index contributed by atoms with van der Waals surface area (Å²) in [6.07, 6.45) is 4.51. The average molecular weight is 276 g/mol. The summed E-state index contributed by atoms with van der Waals surface area (Å²) >= 11 is 0. The van der Waals surface area contributed by atoms with Crippen LogP contribution in [-0.4, -0.2) is 0 Å². The zero-order chi connectivity index (χ0) is 14.1. The molecule has 0 N–H and O–H groups in total. The lowest BCUT2D eigenvalue weighted by Crippen LogP contribution is -2.27. The van der Waals surface area contributed by atoms with Crippen LogP contribution in [-0.2, 0) is 0 Å². The second-order valence-electron chi connectivity index (χ2n) is 7.88. The maximum absolute atomic E-state index is 2.55. The van der Waals surface area contributed by atoms with Crippen LogP contribution in [0.15, 0.2) is 36.4 Å². The summed E-state index contributed by atoms with van der Waals surface area (Å²) in [5.41, 5.74) is 3.28. The quantitative estimate of drug-likeness (QED) is 0.624. The van der Waals surface area contributed by atoms with Gasteiger partial charge in [0.15, 0.2) is 0 Å². The first-order valence-corrected chi connectivity index (χ1v) is 8.77. The molecule has 2 bridgehead atoms. The molecule has 6 atom stereocenters. The molecule has 0 aliphatic heterocycles. The molecule has 2 aromatic carbocycles. The number of hydrogen-bond acceptors (Lipinski definition) is 0. The molecule has 0 heterocycles. The van der Waals surface area contributed by atoms with Crippen LogP contribution in [0.1, 0.15) is 56.1 Å². The maximum Gasteiger partial charge on any atom is -0.00556 e. The summed E-state index contributed by atoms with van der Waals surface area (Å²) in [5, 5.41) is 3.04. The third kappa shape index (κ3) is 1.46. The highest BCUT2D eigenvalue weighted by Crippen LogP contribution is 2.62. The Hall–Kier alpha value is -1.30. The molecule has 0 aromatic heterocycles. The smallest absolute Gasteiger partial charge is 0.00556 e. The molecule has 108 valence electrons. The van der Waals surface area contributed by atoms with Gasteiger partial charge in [-0.25, -0.2) is 0 Å². The van der Waals surface area contributed by atoms with Crippen molar-refractivity contribution < 1.29 is 0 Å². The summed E-state index contributed by atoms with van der Waals surface area (Å²) in [6, 6.07) is 13.9. The van der Waals surface area contributed by atoms with Crippen molar-refractivity contribution in [3.63, 3.8) is 0 Å².